The molecule has 2 aromatic rings. The van der Waals surface area contributed by atoms with E-state index in [1.165, 1.54) is 24.6 Å². The number of hydrogen-bond acceptors (Lipinski definition) is 6. The third-order valence-electron chi connectivity index (χ3n) is 4.69. The molecular weight excluding hydrogens is 336 g/mol. The first-order valence-corrected chi connectivity index (χ1v) is 9.81. The average molecular weight is 358 g/mol. The second-order valence-corrected chi connectivity index (χ2v) is 7.70. The molecule has 2 aliphatic rings. The number of thioether (sulfide) groups is 1. The van der Waals surface area contributed by atoms with E-state index < -0.39 is 0 Å². The van der Waals surface area contributed by atoms with Crippen molar-refractivity contribution in [3.05, 3.63) is 29.6 Å². The molecule has 0 bridgehead atoms. The summed E-state index contributed by atoms with van der Waals surface area (Å²) in [7, 11) is 0. The molecule has 0 radical (unpaired) electrons. The van der Waals surface area contributed by atoms with Gasteiger partial charge in [-0.05, 0) is 38.7 Å². The highest BCUT2D eigenvalue weighted by molar-refractivity contribution is 7.99. The molecular formula is C17H22N6OS. The van der Waals surface area contributed by atoms with Gasteiger partial charge in [-0.2, -0.15) is 0 Å². The SMILES string of the molecule is Cc1ccnc(SCC(=O)NC2CCc3nnc(C4CC4)n3CC2)n1. The van der Waals surface area contributed by atoms with E-state index in [4.69, 9.17) is 0 Å². The normalized spacial score (nSPS) is 20.0. The van der Waals surface area contributed by atoms with Gasteiger partial charge in [0.1, 0.15) is 11.6 Å². The Labute approximate surface area is 151 Å². The van der Waals surface area contributed by atoms with Crippen LogP contribution in [0.2, 0.25) is 0 Å². The van der Waals surface area contributed by atoms with Gasteiger partial charge >= 0.3 is 0 Å². The maximum Gasteiger partial charge on any atom is 0.230 e. The first kappa shape index (κ1) is 16.5. The summed E-state index contributed by atoms with van der Waals surface area (Å²) in [5, 5.41) is 12.5. The minimum absolute atomic E-state index is 0.0418. The molecule has 0 spiro atoms. The van der Waals surface area contributed by atoms with Crippen LogP contribution in [0.5, 0.6) is 0 Å². The zero-order chi connectivity index (χ0) is 17.2. The van der Waals surface area contributed by atoms with Crippen LogP contribution in [0.1, 0.15) is 48.9 Å². The van der Waals surface area contributed by atoms with Gasteiger partial charge in [0, 0.05) is 36.8 Å². The zero-order valence-electron chi connectivity index (χ0n) is 14.3. The summed E-state index contributed by atoms with van der Waals surface area (Å²) in [6.07, 6.45) is 6.91. The fraction of sp³-hybridized carbons (Fsp3) is 0.588. The molecule has 1 aliphatic heterocycles. The van der Waals surface area contributed by atoms with Crippen molar-refractivity contribution in [2.75, 3.05) is 5.75 Å². The van der Waals surface area contributed by atoms with Gasteiger partial charge in [0.2, 0.25) is 5.91 Å². The molecule has 8 heteroatoms. The van der Waals surface area contributed by atoms with Crippen LogP contribution in [0.3, 0.4) is 0 Å². The van der Waals surface area contributed by atoms with Crippen LogP contribution in [0, 0.1) is 6.92 Å². The molecule has 0 aromatic carbocycles. The first-order chi connectivity index (χ1) is 12.2. The maximum absolute atomic E-state index is 12.3. The molecule has 0 saturated heterocycles. The molecule has 1 atom stereocenters. The van der Waals surface area contributed by atoms with Crippen molar-refractivity contribution in [3.8, 4) is 0 Å². The number of amides is 1. The summed E-state index contributed by atoms with van der Waals surface area (Å²) in [4.78, 5) is 20.7. The van der Waals surface area contributed by atoms with Gasteiger partial charge in [-0.15, -0.1) is 10.2 Å². The van der Waals surface area contributed by atoms with E-state index in [2.05, 4.69) is 30.0 Å². The third kappa shape index (κ3) is 4.00. The van der Waals surface area contributed by atoms with E-state index in [-0.39, 0.29) is 11.9 Å². The van der Waals surface area contributed by atoms with E-state index in [1.54, 1.807) is 6.20 Å². The van der Waals surface area contributed by atoms with Crippen molar-refractivity contribution in [2.24, 2.45) is 0 Å². The summed E-state index contributed by atoms with van der Waals surface area (Å²) < 4.78 is 2.28. The second kappa shape index (κ2) is 7.11. The lowest BCUT2D eigenvalue weighted by Gasteiger charge is -2.16. The number of carbonyl (C=O) groups excluding carboxylic acids is 1. The van der Waals surface area contributed by atoms with Crippen LogP contribution < -0.4 is 5.32 Å². The van der Waals surface area contributed by atoms with Gasteiger partial charge in [0.05, 0.1) is 5.75 Å². The standard InChI is InChI=1S/C17H22N6OS/c1-11-6-8-18-17(19-11)25-10-15(24)20-13-4-5-14-21-22-16(12-2-3-12)23(14)9-7-13/h6,8,12-13H,2-5,7,9-10H2,1H3,(H,20,24). The molecule has 1 amide bonds. The Morgan fingerprint density at radius 2 is 2.20 bits per heavy atom. The number of nitrogens with one attached hydrogen (secondary N) is 1. The number of hydrogen-bond donors (Lipinski definition) is 1. The Morgan fingerprint density at radius 3 is 3.00 bits per heavy atom. The average Bonchev–Trinajstić information content (AvgIpc) is 3.39. The first-order valence-electron chi connectivity index (χ1n) is 8.83. The fourth-order valence-electron chi connectivity index (χ4n) is 3.19. The Bertz CT molecular complexity index is 772. The van der Waals surface area contributed by atoms with E-state index in [1.807, 2.05) is 13.0 Å². The highest BCUT2D eigenvalue weighted by atomic mass is 32.2. The molecule has 132 valence electrons. The summed E-state index contributed by atoms with van der Waals surface area (Å²) in [5.74, 6) is 3.22. The van der Waals surface area contributed by atoms with Gasteiger partial charge in [0.15, 0.2) is 5.16 Å². The molecule has 4 rings (SSSR count). The zero-order valence-corrected chi connectivity index (χ0v) is 15.1. The Kier molecular flexibility index (Phi) is 4.70. The third-order valence-corrected chi connectivity index (χ3v) is 5.55. The van der Waals surface area contributed by atoms with Crippen LogP contribution in [0.4, 0.5) is 0 Å². The molecule has 1 aliphatic carbocycles. The number of aryl methyl sites for hydroxylation is 2. The van der Waals surface area contributed by atoms with Crippen molar-refractivity contribution in [1.29, 1.82) is 0 Å². The van der Waals surface area contributed by atoms with E-state index in [0.29, 0.717) is 16.8 Å². The maximum atomic E-state index is 12.3. The van der Waals surface area contributed by atoms with Crippen molar-refractivity contribution in [3.63, 3.8) is 0 Å². The highest BCUT2D eigenvalue weighted by Gasteiger charge is 2.31. The van der Waals surface area contributed by atoms with E-state index in [0.717, 1.165) is 43.1 Å². The predicted octanol–water partition coefficient (Wildman–Crippen LogP) is 1.87. The molecule has 1 fully saturated rings. The van der Waals surface area contributed by atoms with Crippen molar-refractivity contribution in [1.82, 2.24) is 30.0 Å². The monoisotopic (exact) mass is 358 g/mol. The van der Waals surface area contributed by atoms with Crippen LogP contribution in [-0.4, -0.2) is 42.4 Å². The van der Waals surface area contributed by atoms with E-state index >= 15 is 0 Å². The minimum atomic E-state index is 0.0418. The smallest absolute Gasteiger partial charge is 0.230 e. The fourth-order valence-corrected chi connectivity index (χ4v) is 3.88. The van der Waals surface area contributed by atoms with Gasteiger partial charge in [-0.1, -0.05) is 11.8 Å². The van der Waals surface area contributed by atoms with Gasteiger partial charge in [-0.3, -0.25) is 4.79 Å². The lowest BCUT2D eigenvalue weighted by molar-refractivity contribution is -0.119. The molecule has 7 nitrogen and oxygen atoms in total. The summed E-state index contributed by atoms with van der Waals surface area (Å²) in [6, 6.07) is 2.05. The molecule has 1 N–H and O–H groups in total. The highest BCUT2D eigenvalue weighted by Crippen LogP contribution is 2.39. The van der Waals surface area contributed by atoms with Gasteiger partial charge in [-0.25, -0.2) is 9.97 Å². The largest absolute Gasteiger partial charge is 0.353 e. The topological polar surface area (TPSA) is 85.6 Å². The molecule has 3 heterocycles. The predicted molar refractivity (Wildman–Crippen MR) is 94.4 cm³/mol. The molecule has 25 heavy (non-hydrogen) atoms. The Morgan fingerprint density at radius 1 is 1.32 bits per heavy atom. The number of rotatable bonds is 5. The van der Waals surface area contributed by atoms with E-state index in [9.17, 15) is 4.79 Å². The Balaban J connectivity index is 1.29. The van der Waals surface area contributed by atoms with Crippen LogP contribution in [0.25, 0.3) is 0 Å². The summed E-state index contributed by atoms with van der Waals surface area (Å²) in [5.41, 5.74) is 0.913. The van der Waals surface area contributed by atoms with Crippen molar-refractivity contribution >= 4 is 17.7 Å². The molecule has 1 saturated carbocycles. The Hall–Kier alpha value is -1.96. The number of aromatic nitrogens is 5. The van der Waals surface area contributed by atoms with Gasteiger partial charge in [0.25, 0.3) is 0 Å². The second-order valence-electron chi connectivity index (χ2n) is 6.76. The number of fused-ring (bicyclic) bond motifs is 1. The van der Waals surface area contributed by atoms with Crippen LogP contribution in [0.15, 0.2) is 17.4 Å². The minimum Gasteiger partial charge on any atom is -0.353 e. The molecule has 1 unspecified atom stereocenters. The summed E-state index contributed by atoms with van der Waals surface area (Å²) >= 11 is 1.38. The van der Waals surface area contributed by atoms with Crippen LogP contribution in [-0.2, 0) is 17.8 Å². The quantitative estimate of drug-likeness (QED) is 0.649. The van der Waals surface area contributed by atoms with Crippen molar-refractivity contribution < 1.29 is 4.79 Å². The molecule has 2 aromatic heterocycles. The lowest BCUT2D eigenvalue weighted by atomic mass is 10.1. The van der Waals surface area contributed by atoms with Crippen LogP contribution >= 0.6 is 11.8 Å². The van der Waals surface area contributed by atoms with Crippen molar-refractivity contribution in [2.45, 2.75) is 62.7 Å². The summed E-state index contributed by atoms with van der Waals surface area (Å²) in [6.45, 7) is 2.82. The number of carbonyl (C=O) groups is 1. The number of nitrogens with zero attached hydrogens (tertiary/aromatic N) is 5. The van der Waals surface area contributed by atoms with Gasteiger partial charge < -0.3 is 9.88 Å². The lowest BCUT2D eigenvalue weighted by Crippen LogP contribution is -2.36.